The molecule has 31 heavy (non-hydrogen) atoms. The Hall–Kier alpha value is -2.52. The maximum absolute atomic E-state index is 12.9. The largest absolute Gasteiger partial charge is 0.337 e. The smallest absolute Gasteiger partial charge is 0.253 e. The molecule has 3 heterocycles. The molecule has 9 heteroatoms. The van der Waals surface area contributed by atoms with Gasteiger partial charge >= 0.3 is 0 Å². The van der Waals surface area contributed by atoms with Crippen LogP contribution in [-0.2, 0) is 16.4 Å². The number of carbonyl (C=O) groups is 1. The molecule has 2 saturated heterocycles. The second-order valence-corrected chi connectivity index (χ2v) is 10.3. The predicted molar refractivity (Wildman–Crippen MR) is 119 cm³/mol. The van der Waals surface area contributed by atoms with Gasteiger partial charge in [-0.3, -0.25) is 4.79 Å². The Morgan fingerprint density at radius 1 is 0.968 bits per heavy atom. The molecular weight excluding hydrogens is 414 g/mol. The van der Waals surface area contributed by atoms with Crippen LogP contribution < -0.4 is 4.90 Å². The van der Waals surface area contributed by atoms with E-state index in [-0.39, 0.29) is 5.91 Å². The SMILES string of the molecule is CS(=O)(=O)N1CCC(Cc2ccc(C(=O)N3CCN(c4ncccn4)CC3)cc2)CC1. The standard InChI is InChI=1S/C22H29N5O3S/c1-31(29,30)27-11-7-19(8-12-27)17-18-3-5-20(6-4-18)21(28)25-13-15-26(16-14-25)22-23-9-2-10-24-22/h2-6,9-10,19H,7-8,11-17H2,1H3. The van der Waals surface area contributed by atoms with E-state index in [1.807, 2.05) is 29.2 Å². The topological polar surface area (TPSA) is 86.7 Å². The molecule has 4 rings (SSSR count). The first-order chi connectivity index (χ1) is 14.9. The first kappa shape index (κ1) is 21.7. The molecule has 0 unspecified atom stereocenters. The first-order valence-electron chi connectivity index (χ1n) is 10.8. The highest BCUT2D eigenvalue weighted by molar-refractivity contribution is 7.88. The lowest BCUT2D eigenvalue weighted by molar-refractivity contribution is 0.0746. The summed E-state index contributed by atoms with van der Waals surface area (Å²) in [5, 5.41) is 0. The summed E-state index contributed by atoms with van der Waals surface area (Å²) < 4.78 is 24.9. The van der Waals surface area contributed by atoms with Crippen LogP contribution in [0.3, 0.4) is 0 Å². The summed E-state index contributed by atoms with van der Waals surface area (Å²) in [6.07, 6.45) is 7.42. The monoisotopic (exact) mass is 443 g/mol. The zero-order valence-electron chi connectivity index (χ0n) is 17.9. The molecule has 1 amide bonds. The Morgan fingerprint density at radius 2 is 1.58 bits per heavy atom. The van der Waals surface area contributed by atoms with Crippen LogP contribution in [0.15, 0.2) is 42.7 Å². The van der Waals surface area contributed by atoms with Crippen molar-refractivity contribution in [2.45, 2.75) is 19.3 Å². The highest BCUT2D eigenvalue weighted by Gasteiger charge is 2.26. The van der Waals surface area contributed by atoms with Gasteiger partial charge in [0, 0.05) is 57.2 Å². The molecule has 0 saturated carbocycles. The van der Waals surface area contributed by atoms with Crippen molar-refractivity contribution in [3.05, 3.63) is 53.9 Å². The summed E-state index contributed by atoms with van der Waals surface area (Å²) >= 11 is 0. The van der Waals surface area contributed by atoms with Gasteiger partial charge in [-0.25, -0.2) is 22.7 Å². The summed E-state index contributed by atoms with van der Waals surface area (Å²) in [5.74, 6) is 1.25. The van der Waals surface area contributed by atoms with Gasteiger partial charge in [0.15, 0.2) is 0 Å². The van der Waals surface area contributed by atoms with Gasteiger partial charge in [0.05, 0.1) is 6.26 Å². The Bertz CT molecular complexity index is 982. The Morgan fingerprint density at radius 3 is 2.16 bits per heavy atom. The minimum atomic E-state index is -3.09. The van der Waals surface area contributed by atoms with E-state index in [9.17, 15) is 13.2 Å². The summed E-state index contributed by atoms with van der Waals surface area (Å²) in [4.78, 5) is 25.4. The van der Waals surface area contributed by atoms with Crippen LogP contribution in [0, 0.1) is 5.92 Å². The van der Waals surface area contributed by atoms with E-state index in [1.165, 1.54) is 11.8 Å². The van der Waals surface area contributed by atoms with Gasteiger partial charge in [-0.2, -0.15) is 0 Å². The van der Waals surface area contributed by atoms with Crippen LogP contribution in [-0.4, -0.2) is 79.0 Å². The third-order valence-corrected chi connectivity index (χ3v) is 7.47. The number of carbonyl (C=O) groups excluding carboxylic acids is 1. The maximum atomic E-state index is 12.9. The van der Waals surface area contributed by atoms with Gasteiger partial charge in [-0.1, -0.05) is 12.1 Å². The highest BCUT2D eigenvalue weighted by Crippen LogP contribution is 2.23. The first-order valence-corrected chi connectivity index (χ1v) is 12.6. The Labute approximate surface area is 183 Å². The van der Waals surface area contributed by atoms with Crippen molar-refractivity contribution in [3.8, 4) is 0 Å². The van der Waals surface area contributed by atoms with Crippen LogP contribution >= 0.6 is 0 Å². The number of hydrogen-bond acceptors (Lipinski definition) is 6. The number of amides is 1. The average Bonchev–Trinajstić information content (AvgIpc) is 2.80. The molecule has 8 nitrogen and oxygen atoms in total. The van der Waals surface area contributed by atoms with Crippen LogP contribution in [0.25, 0.3) is 0 Å². The van der Waals surface area contributed by atoms with Crippen molar-refractivity contribution in [2.24, 2.45) is 5.92 Å². The van der Waals surface area contributed by atoms with E-state index in [0.29, 0.717) is 43.6 Å². The minimum absolute atomic E-state index is 0.0571. The normalized spacial score (nSPS) is 18.9. The maximum Gasteiger partial charge on any atom is 0.253 e. The predicted octanol–water partition coefficient (Wildman–Crippen LogP) is 1.65. The zero-order valence-corrected chi connectivity index (χ0v) is 18.7. The van der Waals surface area contributed by atoms with Gasteiger partial charge in [-0.15, -0.1) is 0 Å². The van der Waals surface area contributed by atoms with Crippen LogP contribution in [0.5, 0.6) is 0 Å². The molecule has 0 bridgehead atoms. The summed E-state index contributed by atoms with van der Waals surface area (Å²) in [6, 6.07) is 9.69. The fraction of sp³-hybridized carbons (Fsp3) is 0.500. The lowest BCUT2D eigenvalue weighted by Crippen LogP contribution is -2.49. The molecule has 0 N–H and O–H groups in total. The molecule has 2 aliphatic rings. The fourth-order valence-corrected chi connectivity index (χ4v) is 5.18. The fourth-order valence-electron chi connectivity index (χ4n) is 4.31. The number of piperazine rings is 1. The molecule has 2 aliphatic heterocycles. The van der Waals surface area contributed by atoms with Gasteiger partial charge in [0.25, 0.3) is 5.91 Å². The summed E-state index contributed by atoms with van der Waals surface area (Å²) in [7, 11) is -3.09. The van der Waals surface area contributed by atoms with Gasteiger partial charge in [0.2, 0.25) is 16.0 Å². The molecule has 2 fully saturated rings. The second kappa shape index (κ2) is 9.32. The minimum Gasteiger partial charge on any atom is -0.337 e. The quantitative estimate of drug-likeness (QED) is 0.699. The van der Waals surface area contributed by atoms with Crippen LogP contribution in [0.1, 0.15) is 28.8 Å². The molecule has 0 aliphatic carbocycles. The van der Waals surface area contributed by atoms with Crippen molar-refractivity contribution in [2.75, 3.05) is 50.4 Å². The van der Waals surface area contributed by atoms with Gasteiger partial charge < -0.3 is 9.80 Å². The van der Waals surface area contributed by atoms with Crippen molar-refractivity contribution in [3.63, 3.8) is 0 Å². The number of benzene rings is 1. The molecular formula is C22H29N5O3S. The number of hydrogen-bond donors (Lipinski definition) is 0. The van der Waals surface area contributed by atoms with E-state index >= 15 is 0 Å². The summed E-state index contributed by atoms with van der Waals surface area (Å²) in [5.41, 5.74) is 1.90. The van der Waals surface area contributed by atoms with Crippen molar-refractivity contribution in [1.82, 2.24) is 19.2 Å². The molecule has 1 aromatic heterocycles. The van der Waals surface area contributed by atoms with Gasteiger partial charge in [0.1, 0.15) is 0 Å². The Balaban J connectivity index is 1.28. The summed E-state index contributed by atoms with van der Waals surface area (Å²) in [6.45, 7) is 3.94. The van der Waals surface area contributed by atoms with E-state index in [0.717, 1.165) is 32.4 Å². The van der Waals surface area contributed by atoms with E-state index in [4.69, 9.17) is 0 Å². The third-order valence-electron chi connectivity index (χ3n) is 6.17. The second-order valence-electron chi connectivity index (χ2n) is 8.33. The van der Waals surface area contributed by atoms with Crippen molar-refractivity contribution in [1.29, 1.82) is 0 Å². The van der Waals surface area contributed by atoms with Crippen LogP contribution in [0.2, 0.25) is 0 Å². The number of piperidine rings is 1. The zero-order chi connectivity index (χ0) is 21.8. The van der Waals surface area contributed by atoms with Gasteiger partial charge in [-0.05, 0) is 48.9 Å². The lowest BCUT2D eigenvalue weighted by Gasteiger charge is -2.34. The van der Waals surface area contributed by atoms with E-state index < -0.39 is 10.0 Å². The molecule has 0 spiro atoms. The number of aromatic nitrogens is 2. The molecule has 0 atom stereocenters. The van der Waals surface area contributed by atoms with Crippen molar-refractivity contribution < 1.29 is 13.2 Å². The molecule has 2 aromatic rings. The van der Waals surface area contributed by atoms with E-state index in [1.54, 1.807) is 22.8 Å². The number of nitrogens with zero attached hydrogens (tertiary/aromatic N) is 5. The average molecular weight is 444 g/mol. The molecule has 0 radical (unpaired) electrons. The number of sulfonamides is 1. The third kappa shape index (κ3) is 5.40. The molecule has 1 aromatic carbocycles. The molecule has 166 valence electrons. The van der Waals surface area contributed by atoms with Crippen LogP contribution in [0.4, 0.5) is 5.95 Å². The number of rotatable bonds is 5. The highest BCUT2D eigenvalue weighted by atomic mass is 32.2. The van der Waals surface area contributed by atoms with Crippen molar-refractivity contribution >= 4 is 21.9 Å². The Kier molecular flexibility index (Phi) is 6.52. The van der Waals surface area contributed by atoms with E-state index in [2.05, 4.69) is 14.9 Å². The number of anilines is 1. The lowest BCUT2D eigenvalue weighted by atomic mass is 9.90.